The number of thiazole rings is 1. The van der Waals surface area contributed by atoms with Gasteiger partial charge in [0, 0.05) is 31.1 Å². The van der Waals surface area contributed by atoms with Gasteiger partial charge >= 0.3 is 0 Å². The summed E-state index contributed by atoms with van der Waals surface area (Å²) < 4.78 is 2.05. The van der Waals surface area contributed by atoms with Gasteiger partial charge in [0.05, 0.1) is 28.6 Å². The molecular weight excluding hydrogens is 296 g/mol. The van der Waals surface area contributed by atoms with Crippen LogP contribution in [0.3, 0.4) is 0 Å². The van der Waals surface area contributed by atoms with Gasteiger partial charge in [-0.3, -0.25) is 4.90 Å². The molecule has 1 N–H and O–H groups in total. The summed E-state index contributed by atoms with van der Waals surface area (Å²) in [7, 11) is 1.93. The third-order valence-electron chi connectivity index (χ3n) is 4.21. The minimum Gasteiger partial charge on any atom is -0.314 e. The van der Waals surface area contributed by atoms with Crippen molar-refractivity contribution in [2.45, 2.75) is 45.8 Å². The third-order valence-corrected chi connectivity index (χ3v) is 5.27. The van der Waals surface area contributed by atoms with Gasteiger partial charge in [0.15, 0.2) is 0 Å². The third kappa shape index (κ3) is 3.53. The standard InChI is InChI=1S/C15H24N6S/c1-11-15(22-12(2)17-11)10-20-6-4-14(5-7-20)21-9-13(8-16-3)18-19-21/h9,14,16H,4-8,10H2,1-3H3. The first kappa shape index (κ1) is 15.6. The van der Waals surface area contributed by atoms with E-state index in [-0.39, 0.29) is 0 Å². The molecule has 0 unspecified atom stereocenters. The van der Waals surface area contributed by atoms with Gasteiger partial charge in [-0.05, 0) is 33.7 Å². The summed E-state index contributed by atoms with van der Waals surface area (Å²) in [6.45, 7) is 8.24. The largest absolute Gasteiger partial charge is 0.314 e. The Morgan fingerprint density at radius 3 is 2.73 bits per heavy atom. The highest BCUT2D eigenvalue weighted by atomic mass is 32.1. The van der Waals surface area contributed by atoms with Crippen LogP contribution in [0.4, 0.5) is 0 Å². The van der Waals surface area contributed by atoms with Crippen molar-refractivity contribution in [2.24, 2.45) is 0 Å². The van der Waals surface area contributed by atoms with Crippen molar-refractivity contribution in [2.75, 3.05) is 20.1 Å². The summed E-state index contributed by atoms with van der Waals surface area (Å²) in [5.41, 5.74) is 2.21. The van der Waals surface area contributed by atoms with Crippen LogP contribution in [0.2, 0.25) is 0 Å². The van der Waals surface area contributed by atoms with Crippen LogP contribution in [-0.2, 0) is 13.1 Å². The predicted octanol–water partition coefficient (Wildman–Crippen LogP) is 1.91. The van der Waals surface area contributed by atoms with Crippen LogP contribution in [0.1, 0.15) is 40.2 Å². The second-order valence-electron chi connectivity index (χ2n) is 5.97. The highest BCUT2D eigenvalue weighted by Gasteiger charge is 2.22. The zero-order valence-electron chi connectivity index (χ0n) is 13.5. The van der Waals surface area contributed by atoms with Crippen LogP contribution < -0.4 is 5.32 Å². The molecule has 2 aromatic heterocycles. The van der Waals surface area contributed by atoms with E-state index in [1.54, 1.807) is 0 Å². The van der Waals surface area contributed by atoms with Gasteiger partial charge in [0.1, 0.15) is 0 Å². The number of aromatic nitrogens is 4. The fourth-order valence-electron chi connectivity index (χ4n) is 3.02. The summed E-state index contributed by atoms with van der Waals surface area (Å²) in [6, 6.07) is 0.485. The molecule has 1 aliphatic rings. The lowest BCUT2D eigenvalue weighted by Crippen LogP contribution is -2.34. The van der Waals surface area contributed by atoms with Gasteiger partial charge < -0.3 is 5.32 Å². The number of hydrogen-bond donors (Lipinski definition) is 1. The van der Waals surface area contributed by atoms with Crippen molar-refractivity contribution in [1.82, 2.24) is 30.2 Å². The van der Waals surface area contributed by atoms with Crippen LogP contribution >= 0.6 is 11.3 Å². The zero-order valence-corrected chi connectivity index (χ0v) is 14.4. The first-order valence-electron chi connectivity index (χ1n) is 7.86. The van der Waals surface area contributed by atoms with E-state index in [1.165, 1.54) is 15.6 Å². The molecule has 0 spiro atoms. The molecule has 0 amide bonds. The van der Waals surface area contributed by atoms with E-state index < -0.39 is 0 Å². The number of aryl methyl sites for hydroxylation is 2. The Morgan fingerprint density at radius 2 is 2.09 bits per heavy atom. The Hall–Kier alpha value is -1.31. The Labute approximate surface area is 135 Å². The lowest BCUT2D eigenvalue weighted by molar-refractivity contribution is 0.173. The summed E-state index contributed by atoms with van der Waals surface area (Å²) in [4.78, 5) is 8.46. The van der Waals surface area contributed by atoms with E-state index in [9.17, 15) is 0 Å². The molecule has 0 aliphatic carbocycles. The molecule has 0 aromatic carbocycles. The number of piperidine rings is 1. The normalized spacial score (nSPS) is 17.2. The van der Waals surface area contributed by atoms with Crippen molar-refractivity contribution in [3.63, 3.8) is 0 Å². The highest BCUT2D eigenvalue weighted by molar-refractivity contribution is 7.11. The first-order valence-corrected chi connectivity index (χ1v) is 8.68. The number of hydrogen-bond acceptors (Lipinski definition) is 6. The van der Waals surface area contributed by atoms with Crippen molar-refractivity contribution < 1.29 is 0 Å². The molecule has 1 fully saturated rings. The van der Waals surface area contributed by atoms with Crippen LogP contribution in [0.5, 0.6) is 0 Å². The SMILES string of the molecule is CNCc1cn(C2CCN(Cc3sc(C)nc3C)CC2)nn1. The van der Waals surface area contributed by atoms with Gasteiger partial charge in [-0.15, -0.1) is 16.4 Å². The Balaban J connectivity index is 1.54. The predicted molar refractivity (Wildman–Crippen MR) is 87.9 cm³/mol. The number of rotatable bonds is 5. The van der Waals surface area contributed by atoms with Crippen LogP contribution in [-0.4, -0.2) is 45.0 Å². The fraction of sp³-hybridized carbons (Fsp3) is 0.667. The van der Waals surface area contributed by atoms with Crippen molar-refractivity contribution >= 4 is 11.3 Å². The monoisotopic (exact) mass is 320 g/mol. The minimum absolute atomic E-state index is 0.485. The minimum atomic E-state index is 0.485. The number of likely N-dealkylation sites (tertiary alicyclic amines) is 1. The van der Waals surface area contributed by atoms with Crippen molar-refractivity contribution in [3.8, 4) is 0 Å². The van der Waals surface area contributed by atoms with E-state index in [1.807, 2.05) is 23.1 Å². The second kappa shape index (κ2) is 6.85. The first-order chi connectivity index (χ1) is 10.7. The van der Waals surface area contributed by atoms with Crippen molar-refractivity contribution in [3.05, 3.63) is 27.5 Å². The van der Waals surface area contributed by atoms with Crippen LogP contribution in [0.25, 0.3) is 0 Å². The van der Waals surface area contributed by atoms with Gasteiger partial charge in [-0.2, -0.15) is 0 Å². The van der Waals surface area contributed by atoms with E-state index >= 15 is 0 Å². The Kier molecular flexibility index (Phi) is 4.85. The van der Waals surface area contributed by atoms with E-state index in [2.05, 4.69) is 45.6 Å². The highest BCUT2D eigenvalue weighted by Crippen LogP contribution is 2.25. The van der Waals surface area contributed by atoms with E-state index in [0.717, 1.165) is 44.7 Å². The maximum Gasteiger partial charge on any atom is 0.0964 e. The summed E-state index contributed by atoms with van der Waals surface area (Å²) in [5, 5.41) is 12.8. The summed E-state index contributed by atoms with van der Waals surface area (Å²) >= 11 is 1.83. The fourth-order valence-corrected chi connectivity index (χ4v) is 4.00. The molecule has 0 radical (unpaired) electrons. The lowest BCUT2D eigenvalue weighted by atomic mass is 10.1. The maximum absolute atomic E-state index is 4.52. The molecular formula is C15H24N6S. The molecule has 2 aromatic rings. The van der Waals surface area contributed by atoms with Crippen LogP contribution in [0, 0.1) is 13.8 Å². The zero-order chi connectivity index (χ0) is 15.5. The number of nitrogens with zero attached hydrogens (tertiary/aromatic N) is 5. The molecule has 120 valence electrons. The smallest absolute Gasteiger partial charge is 0.0964 e. The van der Waals surface area contributed by atoms with Gasteiger partial charge in [-0.25, -0.2) is 9.67 Å². The molecule has 1 saturated heterocycles. The Bertz CT molecular complexity index is 611. The quantitative estimate of drug-likeness (QED) is 0.912. The molecule has 0 saturated carbocycles. The molecule has 22 heavy (non-hydrogen) atoms. The van der Waals surface area contributed by atoms with Gasteiger partial charge in [0.25, 0.3) is 0 Å². The molecule has 3 rings (SSSR count). The summed E-state index contributed by atoms with van der Waals surface area (Å²) in [5.74, 6) is 0. The Morgan fingerprint density at radius 1 is 1.32 bits per heavy atom. The second-order valence-corrected chi connectivity index (χ2v) is 7.26. The molecule has 0 bridgehead atoms. The molecule has 1 aliphatic heterocycles. The molecule has 6 nitrogen and oxygen atoms in total. The topological polar surface area (TPSA) is 58.9 Å². The molecule has 0 atom stereocenters. The number of nitrogens with one attached hydrogen (secondary N) is 1. The van der Waals surface area contributed by atoms with Crippen LogP contribution in [0.15, 0.2) is 6.20 Å². The average Bonchev–Trinajstić information content (AvgIpc) is 3.08. The summed E-state index contributed by atoms with van der Waals surface area (Å²) in [6.07, 6.45) is 4.35. The van der Waals surface area contributed by atoms with E-state index in [0.29, 0.717) is 6.04 Å². The average molecular weight is 320 g/mol. The maximum atomic E-state index is 4.52. The van der Waals surface area contributed by atoms with Gasteiger partial charge in [0.2, 0.25) is 0 Å². The van der Waals surface area contributed by atoms with E-state index in [4.69, 9.17) is 0 Å². The van der Waals surface area contributed by atoms with Gasteiger partial charge in [-0.1, -0.05) is 5.21 Å². The lowest BCUT2D eigenvalue weighted by Gasteiger charge is -2.31. The molecule has 7 heteroatoms. The molecule has 3 heterocycles. The van der Waals surface area contributed by atoms with Crippen molar-refractivity contribution in [1.29, 1.82) is 0 Å².